The summed E-state index contributed by atoms with van der Waals surface area (Å²) in [7, 11) is 0. The summed E-state index contributed by atoms with van der Waals surface area (Å²) in [6, 6.07) is 4.10. The zero-order valence-electron chi connectivity index (χ0n) is 15.5. The van der Waals surface area contributed by atoms with E-state index >= 15 is 0 Å². The molecule has 3 aromatic heterocycles. The quantitative estimate of drug-likeness (QED) is 0.715. The fourth-order valence-electron chi connectivity index (χ4n) is 3.46. The minimum atomic E-state index is 0.216. The van der Waals surface area contributed by atoms with Gasteiger partial charge in [0.15, 0.2) is 0 Å². The van der Waals surface area contributed by atoms with Crippen LogP contribution in [-0.2, 0) is 0 Å². The van der Waals surface area contributed by atoms with Gasteiger partial charge in [0.1, 0.15) is 12.1 Å². The van der Waals surface area contributed by atoms with Gasteiger partial charge >= 0.3 is 0 Å². The molecule has 0 aliphatic carbocycles. The third-order valence-electron chi connectivity index (χ3n) is 4.54. The average molecular weight is 352 g/mol. The van der Waals surface area contributed by atoms with Crippen LogP contribution in [0.3, 0.4) is 0 Å². The lowest BCUT2D eigenvalue weighted by Crippen LogP contribution is -2.32. The lowest BCUT2D eigenvalue weighted by atomic mass is 9.96. The Balaban J connectivity index is 1.52. The van der Waals surface area contributed by atoms with Gasteiger partial charge in [0, 0.05) is 30.7 Å². The molecule has 3 aromatic rings. The lowest BCUT2D eigenvalue weighted by Gasteiger charge is -2.29. The van der Waals surface area contributed by atoms with Gasteiger partial charge in [-0.2, -0.15) is 4.98 Å². The van der Waals surface area contributed by atoms with Crippen LogP contribution in [0.5, 0.6) is 0 Å². The molecule has 0 bridgehead atoms. The molecule has 1 fully saturated rings. The van der Waals surface area contributed by atoms with E-state index in [1.807, 2.05) is 22.9 Å². The van der Waals surface area contributed by atoms with E-state index in [1.165, 1.54) is 6.42 Å². The lowest BCUT2D eigenvalue weighted by molar-refractivity contribution is 0.153. The highest BCUT2D eigenvalue weighted by Gasteiger charge is 2.33. The van der Waals surface area contributed by atoms with E-state index < -0.39 is 0 Å². The zero-order valence-corrected chi connectivity index (χ0v) is 15.5. The molecule has 1 aliphatic heterocycles. The van der Waals surface area contributed by atoms with E-state index in [4.69, 9.17) is 4.52 Å². The molecule has 0 aromatic carbocycles. The van der Waals surface area contributed by atoms with Gasteiger partial charge in [-0.05, 0) is 36.9 Å². The predicted molar refractivity (Wildman–Crippen MR) is 97.7 cm³/mol. The predicted octanol–water partition coefficient (Wildman–Crippen LogP) is 3.50. The van der Waals surface area contributed by atoms with Crippen molar-refractivity contribution in [3.8, 4) is 17.2 Å². The second kappa shape index (κ2) is 6.64. The van der Waals surface area contributed by atoms with Gasteiger partial charge < -0.3 is 4.52 Å². The summed E-state index contributed by atoms with van der Waals surface area (Å²) in [5, 5.41) is 4.18. The van der Waals surface area contributed by atoms with Crippen LogP contribution < -0.4 is 0 Å². The van der Waals surface area contributed by atoms with Crippen LogP contribution in [0.25, 0.3) is 17.2 Å². The summed E-state index contributed by atoms with van der Waals surface area (Å²) >= 11 is 0. The fourth-order valence-corrected chi connectivity index (χ4v) is 3.46. The van der Waals surface area contributed by atoms with Crippen molar-refractivity contribution in [2.75, 3.05) is 13.1 Å². The Bertz CT molecular complexity index is 847. The second-order valence-corrected chi connectivity index (χ2v) is 8.02. The van der Waals surface area contributed by atoms with Crippen molar-refractivity contribution < 1.29 is 4.52 Å². The maximum Gasteiger partial charge on any atom is 0.244 e. The SMILES string of the molecule is CC(C)(C)CN1CCC[C@H]1c1nc(-c2ccc(-n3ccnc3)nc2)no1. The number of hydrogen-bond acceptors (Lipinski definition) is 6. The van der Waals surface area contributed by atoms with Crippen molar-refractivity contribution in [1.82, 2.24) is 29.6 Å². The van der Waals surface area contributed by atoms with Crippen molar-refractivity contribution in [1.29, 1.82) is 0 Å². The Hall–Kier alpha value is -2.54. The topological polar surface area (TPSA) is 72.9 Å². The van der Waals surface area contributed by atoms with E-state index in [9.17, 15) is 0 Å². The molecule has 26 heavy (non-hydrogen) atoms. The maximum atomic E-state index is 5.60. The summed E-state index contributed by atoms with van der Waals surface area (Å²) in [6.45, 7) is 8.89. The number of nitrogens with zero attached hydrogens (tertiary/aromatic N) is 6. The highest BCUT2D eigenvalue weighted by atomic mass is 16.5. The molecular weight excluding hydrogens is 328 g/mol. The number of aromatic nitrogens is 5. The van der Waals surface area contributed by atoms with Crippen molar-refractivity contribution in [3.63, 3.8) is 0 Å². The van der Waals surface area contributed by atoms with Crippen molar-refractivity contribution in [2.24, 2.45) is 5.41 Å². The molecule has 7 nitrogen and oxygen atoms in total. The molecule has 4 heterocycles. The number of pyridine rings is 1. The maximum absolute atomic E-state index is 5.60. The first kappa shape index (κ1) is 16.9. The average Bonchev–Trinajstić information content (AvgIpc) is 3.35. The van der Waals surface area contributed by atoms with Crippen LogP contribution in [0.2, 0.25) is 0 Å². The summed E-state index contributed by atoms with van der Waals surface area (Å²) < 4.78 is 7.46. The molecule has 0 spiro atoms. The second-order valence-electron chi connectivity index (χ2n) is 8.02. The Morgan fingerprint density at radius 1 is 1.27 bits per heavy atom. The molecular formula is C19H24N6O. The first-order valence-electron chi connectivity index (χ1n) is 9.02. The van der Waals surface area contributed by atoms with Gasteiger partial charge in [0.25, 0.3) is 0 Å². The first-order chi connectivity index (χ1) is 12.5. The van der Waals surface area contributed by atoms with E-state index in [-0.39, 0.29) is 11.5 Å². The summed E-state index contributed by atoms with van der Waals surface area (Å²) in [6.07, 6.45) is 9.31. The normalized spacial score (nSPS) is 18.5. The van der Waals surface area contributed by atoms with Crippen LogP contribution in [0.15, 0.2) is 41.6 Å². The van der Waals surface area contributed by atoms with Crippen molar-refractivity contribution in [3.05, 3.63) is 42.9 Å². The largest absolute Gasteiger partial charge is 0.337 e. The molecule has 136 valence electrons. The van der Waals surface area contributed by atoms with E-state index in [1.54, 1.807) is 18.7 Å². The molecule has 0 N–H and O–H groups in total. The van der Waals surface area contributed by atoms with Crippen LogP contribution in [0, 0.1) is 5.41 Å². The molecule has 1 saturated heterocycles. The Kier molecular flexibility index (Phi) is 4.32. The smallest absolute Gasteiger partial charge is 0.244 e. The van der Waals surface area contributed by atoms with Gasteiger partial charge in [-0.1, -0.05) is 25.9 Å². The highest BCUT2D eigenvalue weighted by molar-refractivity contribution is 5.53. The van der Waals surface area contributed by atoms with E-state index in [2.05, 4.69) is 45.8 Å². The summed E-state index contributed by atoms with van der Waals surface area (Å²) in [4.78, 5) is 15.6. The molecule has 1 aliphatic rings. The fraction of sp³-hybridized carbons (Fsp3) is 0.474. The summed E-state index contributed by atoms with van der Waals surface area (Å²) in [5.41, 5.74) is 1.10. The molecule has 0 radical (unpaired) electrons. The van der Waals surface area contributed by atoms with Gasteiger partial charge in [-0.15, -0.1) is 0 Å². The van der Waals surface area contributed by atoms with Crippen molar-refractivity contribution in [2.45, 2.75) is 39.7 Å². The van der Waals surface area contributed by atoms with Gasteiger partial charge in [-0.3, -0.25) is 9.47 Å². The Morgan fingerprint density at radius 3 is 2.85 bits per heavy atom. The standard InChI is InChI=1S/C19H24N6O/c1-19(2,3)12-24-9-4-5-15(24)18-22-17(23-26-18)14-6-7-16(21-11-14)25-10-8-20-13-25/h6-8,10-11,13,15H,4-5,9,12H2,1-3H3/t15-/m0/s1. The molecule has 0 saturated carbocycles. The number of rotatable bonds is 4. The number of hydrogen-bond donors (Lipinski definition) is 0. The highest BCUT2D eigenvalue weighted by Crippen LogP contribution is 2.34. The number of imidazole rings is 1. The first-order valence-corrected chi connectivity index (χ1v) is 9.02. The molecule has 4 rings (SSSR count). The van der Waals surface area contributed by atoms with Crippen LogP contribution >= 0.6 is 0 Å². The number of likely N-dealkylation sites (tertiary alicyclic amines) is 1. The molecule has 1 atom stereocenters. The van der Waals surface area contributed by atoms with Gasteiger partial charge in [-0.25, -0.2) is 9.97 Å². The van der Waals surface area contributed by atoms with Gasteiger partial charge in [0.05, 0.1) is 6.04 Å². The minimum absolute atomic E-state index is 0.216. The van der Waals surface area contributed by atoms with Crippen LogP contribution in [0.1, 0.15) is 45.5 Å². The monoisotopic (exact) mass is 352 g/mol. The molecule has 0 amide bonds. The van der Waals surface area contributed by atoms with E-state index in [0.717, 1.165) is 30.9 Å². The van der Waals surface area contributed by atoms with Crippen LogP contribution in [0.4, 0.5) is 0 Å². The Morgan fingerprint density at radius 2 is 2.15 bits per heavy atom. The van der Waals surface area contributed by atoms with Crippen molar-refractivity contribution >= 4 is 0 Å². The van der Waals surface area contributed by atoms with Crippen LogP contribution in [-0.4, -0.2) is 42.7 Å². The minimum Gasteiger partial charge on any atom is -0.337 e. The van der Waals surface area contributed by atoms with Gasteiger partial charge in [0.2, 0.25) is 11.7 Å². The summed E-state index contributed by atoms with van der Waals surface area (Å²) in [5.74, 6) is 2.11. The van der Waals surface area contributed by atoms with E-state index in [0.29, 0.717) is 11.7 Å². The molecule has 0 unspecified atom stereocenters. The Labute approximate surface area is 153 Å². The third kappa shape index (κ3) is 3.53. The molecule has 7 heteroatoms. The zero-order chi connectivity index (χ0) is 18.1. The third-order valence-corrected chi connectivity index (χ3v) is 4.54.